The number of rotatable bonds is 10. The number of carbonyl (C=O) groups excluding carboxylic acids is 1. The summed E-state index contributed by atoms with van der Waals surface area (Å²) in [6, 6.07) is 15.7. The predicted octanol–water partition coefficient (Wildman–Crippen LogP) is 2.54. The quantitative estimate of drug-likeness (QED) is 0.151. The van der Waals surface area contributed by atoms with Crippen LogP contribution in [0.2, 0.25) is 0 Å². The molecule has 15 nitrogen and oxygen atoms in total. The summed E-state index contributed by atoms with van der Waals surface area (Å²) in [6.45, 7) is -0.882. The molecule has 0 radical (unpaired) electrons. The predicted molar refractivity (Wildman–Crippen MR) is 151 cm³/mol. The summed E-state index contributed by atoms with van der Waals surface area (Å²) in [4.78, 5) is 58.8. The molecule has 18 heteroatoms. The number of para-hydroxylation sites is 1. The van der Waals surface area contributed by atoms with Gasteiger partial charge in [-0.25, -0.2) is 18.5 Å². The lowest BCUT2D eigenvalue weighted by molar-refractivity contribution is -0.0550. The molecule has 1 amide bonds. The fourth-order valence-corrected chi connectivity index (χ4v) is 7.48. The summed E-state index contributed by atoms with van der Waals surface area (Å²) in [5.74, 6) is 0. The molecule has 6 atom stereocenters. The van der Waals surface area contributed by atoms with E-state index in [0.717, 1.165) is 16.8 Å². The van der Waals surface area contributed by atoms with Gasteiger partial charge in [-0.05, 0) is 46.4 Å². The van der Waals surface area contributed by atoms with Crippen molar-refractivity contribution >= 4 is 49.8 Å². The molecular weight excluding hydrogens is 699 g/mol. The Hall–Kier alpha value is -2.66. The number of phosphoric ester groups is 1. The smallest absolute Gasteiger partial charge is 0.438 e. The van der Waals surface area contributed by atoms with Crippen LogP contribution in [0.3, 0.4) is 0 Å². The van der Waals surface area contributed by atoms with E-state index in [1.807, 2.05) is 27.6 Å². The fraction of sp³-hybridized carbons (Fsp3) is 0.261. The fourth-order valence-electron chi connectivity index (χ4n) is 3.85. The average Bonchev–Trinajstić information content (AvgIpc) is 3.18. The third-order valence-electron chi connectivity index (χ3n) is 5.66. The first kappa shape index (κ1) is 31.3. The lowest BCUT2D eigenvalue weighted by Crippen LogP contribution is -2.41. The van der Waals surface area contributed by atoms with Crippen molar-refractivity contribution in [2.75, 3.05) is 11.9 Å². The van der Waals surface area contributed by atoms with E-state index in [1.165, 1.54) is 0 Å². The van der Waals surface area contributed by atoms with Crippen LogP contribution in [0.4, 0.5) is 10.5 Å². The van der Waals surface area contributed by atoms with Crippen LogP contribution in [0.25, 0.3) is 0 Å². The molecule has 3 unspecified atom stereocenters. The number of nitrogens with one attached hydrogen (secondary N) is 2. The van der Waals surface area contributed by atoms with Gasteiger partial charge in [-0.2, -0.15) is 0 Å². The maximum atomic E-state index is 12.5. The molecule has 0 aliphatic carbocycles. The van der Waals surface area contributed by atoms with Gasteiger partial charge in [0.05, 0.1) is 12.8 Å². The lowest BCUT2D eigenvalue weighted by atomic mass is 10.1. The van der Waals surface area contributed by atoms with Gasteiger partial charge in [0.2, 0.25) is 0 Å². The number of ether oxygens (including phenoxy) is 2. The second kappa shape index (κ2) is 13.1. The number of nitrogens with zero attached hydrogens (tertiary/aromatic N) is 1. The molecule has 2 aromatic carbocycles. The molecule has 3 aromatic rings. The summed E-state index contributed by atoms with van der Waals surface area (Å²) in [5, 5.41) is 13.3. The highest BCUT2D eigenvalue weighted by Gasteiger charge is 2.49. The Labute approximate surface area is 245 Å². The Morgan fingerprint density at radius 2 is 1.76 bits per heavy atom. The van der Waals surface area contributed by atoms with Gasteiger partial charge in [0.25, 0.3) is 5.56 Å². The Bertz CT molecular complexity index is 1600. The van der Waals surface area contributed by atoms with Crippen LogP contribution in [-0.2, 0) is 33.6 Å². The van der Waals surface area contributed by atoms with E-state index in [9.17, 15) is 38.4 Å². The van der Waals surface area contributed by atoms with Crippen LogP contribution in [-0.4, -0.2) is 55.5 Å². The number of carbonyl (C=O) groups is 1. The van der Waals surface area contributed by atoms with Gasteiger partial charge in [0.15, 0.2) is 12.3 Å². The minimum atomic E-state index is -5.19. The first-order valence-electron chi connectivity index (χ1n) is 11.8. The molecule has 0 bridgehead atoms. The second-order valence-electron chi connectivity index (χ2n) is 8.67. The van der Waals surface area contributed by atoms with Gasteiger partial charge in [-0.3, -0.25) is 28.8 Å². The van der Waals surface area contributed by atoms with Crippen LogP contribution in [0.5, 0.6) is 0 Å². The molecule has 1 saturated heterocycles. The molecule has 220 valence electrons. The summed E-state index contributed by atoms with van der Waals surface area (Å²) in [6.07, 6.45) is -6.86. The highest BCUT2D eigenvalue weighted by atomic mass is 127. The van der Waals surface area contributed by atoms with E-state index in [-0.39, 0.29) is 0 Å². The molecule has 0 spiro atoms. The van der Waals surface area contributed by atoms with Crippen molar-refractivity contribution in [2.24, 2.45) is 0 Å². The van der Waals surface area contributed by atoms with Gasteiger partial charge in [-0.15, -0.1) is 0 Å². The van der Waals surface area contributed by atoms with Crippen molar-refractivity contribution in [3.63, 3.8) is 0 Å². The maximum absolute atomic E-state index is 12.5. The lowest BCUT2D eigenvalue weighted by Gasteiger charge is -2.22. The number of aliphatic hydroxyl groups excluding tert-OH is 1. The van der Waals surface area contributed by atoms with Crippen molar-refractivity contribution in [3.8, 4) is 0 Å². The normalized spacial score (nSPS) is 23.3. The highest BCUT2D eigenvalue weighted by molar-refractivity contribution is 14.1. The zero-order valence-corrected chi connectivity index (χ0v) is 24.8. The number of anilines is 1. The third-order valence-corrected chi connectivity index (χ3v) is 9.78. The van der Waals surface area contributed by atoms with E-state index in [2.05, 4.69) is 9.63 Å². The number of amides is 1. The van der Waals surface area contributed by atoms with Crippen LogP contribution in [0.1, 0.15) is 11.8 Å². The van der Waals surface area contributed by atoms with Gasteiger partial charge in [-0.1, -0.05) is 36.4 Å². The Morgan fingerprint density at radius 1 is 1.07 bits per heavy atom. The van der Waals surface area contributed by atoms with E-state index >= 15 is 0 Å². The summed E-state index contributed by atoms with van der Waals surface area (Å²) in [7, 11) is -9.87. The first-order chi connectivity index (χ1) is 19.3. The highest BCUT2D eigenvalue weighted by Crippen LogP contribution is 2.61. The van der Waals surface area contributed by atoms with Crippen molar-refractivity contribution < 1.29 is 47.1 Å². The Morgan fingerprint density at radius 3 is 2.44 bits per heavy atom. The zero-order valence-electron chi connectivity index (χ0n) is 20.8. The maximum Gasteiger partial charge on any atom is 0.479 e. The number of benzene rings is 2. The van der Waals surface area contributed by atoms with Crippen molar-refractivity contribution in [3.05, 3.63) is 96.8 Å². The number of hydrogen-bond donors (Lipinski definition) is 5. The number of aliphatic hydroxyl groups is 1. The number of phosphoric acid groups is 1. The number of hydrogen-bond acceptors (Lipinski definition) is 10. The van der Waals surface area contributed by atoms with Crippen LogP contribution >= 0.6 is 38.0 Å². The molecule has 1 fully saturated rings. The minimum absolute atomic E-state index is 0.362. The van der Waals surface area contributed by atoms with Gasteiger partial charge < -0.3 is 24.4 Å². The number of halogens is 1. The summed E-state index contributed by atoms with van der Waals surface area (Å²) < 4.78 is 46.9. The molecule has 0 saturated carbocycles. The first-order valence-corrected chi connectivity index (χ1v) is 16.1. The summed E-state index contributed by atoms with van der Waals surface area (Å²) in [5.41, 5.74) is -0.917. The van der Waals surface area contributed by atoms with E-state index < -0.39 is 70.1 Å². The molecule has 1 aliphatic heterocycles. The Kier molecular flexibility index (Phi) is 10.00. The van der Waals surface area contributed by atoms with E-state index in [0.29, 0.717) is 14.8 Å². The standard InChI is InChI=1S/C23H24IN3O12P2/c24-16-9-5-4-6-14(16)13-40(32,33)39-41(34,35)36-12-17-19(29)20(38-23(31)25-15-7-2-1-3-8-15)21(37-17)27-11-10-18(28)26-22(27)30/h1-11,17,19-21,29H,12-13H2,(H,25,31)(H,32,33)(H,34,35)(H,26,28,30)/t17-,19+,20?,21-/m1/s1. The van der Waals surface area contributed by atoms with E-state index in [1.54, 1.807) is 54.6 Å². The molecule has 2 heterocycles. The molecule has 5 N–H and O–H groups in total. The average molecular weight is 723 g/mol. The van der Waals surface area contributed by atoms with Crippen molar-refractivity contribution in [1.29, 1.82) is 0 Å². The second-order valence-corrected chi connectivity index (χ2v) is 13.3. The molecule has 41 heavy (non-hydrogen) atoms. The van der Waals surface area contributed by atoms with Gasteiger partial charge in [0.1, 0.15) is 12.2 Å². The van der Waals surface area contributed by atoms with Crippen LogP contribution < -0.4 is 16.6 Å². The van der Waals surface area contributed by atoms with Crippen LogP contribution in [0, 0.1) is 3.57 Å². The van der Waals surface area contributed by atoms with Gasteiger partial charge in [0, 0.05) is 21.5 Å². The number of H-pyrrole nitrogens is 1. The monoisotopic (exact) mass is 723 g/mol. The van der Waals surface area contributed by atoms with Crippen LogP contribution in [0.15, 0.2) is 76.4 Å². The Balaban J connectivity index is 1.47. The molecular formula is C23H24IN3O12P2. The SMILES string of the molecule is O=C(Nc1ccccc1)OC1[C@@H](O)[C@@H](COP(=O)(O)OP(=O)(O)Cc2ccccc2I)O[C@H]1n1ccc(=O)[nH]c1=O. The third kappa shape index (κ3) is 8.44. The molecule has 1 aliphatic rings. The van der Waals surface area contributed by atoms with Crippen molar-refractivity contribution in [1.82, 2.24) is 9.55 Å². The largest absolute Gasteiger partial charge is 0.479 e. The summed E-state index contributed by atoms with van der Waals surface area (Å²) >= 11 is 1.93. The minimum Gasteiger partial charge on any atom is -0.438 e. The number of aromatic nitrogens is 2. The van der Waals surface area contributed by atoms with Crippen molar-refractivity contribution in [2.45, 2.75) is 30.7 Å². The number of aromatic amines is 1. The van der Waals surface area contributed by atoms with E-state index in [4.69, 9.17) is 14.0 Å². The van der Waals surface area contributed by atoms with Gasteiger partial charge >= 0.3 is 27.2 Å². The molecule has 4 rings (SSSR count). The zero-order chi connectivity index (χ0) is 29.8. The topological polar surface area (TPSA) is 216 Å². The molecule has 1 aromatic heterocycles.